The molecule has 116 valence electrons. The Morgan fingerprint density at radius 3 is 2.77 bits per heavy atom. The Morgan fingerprint density at radius 2 is 2.05 bits per heavy atom. The number of hydrogen-bond acceptors (Lipinski definition) is 5. The molecule has 0 saturated heterocycles. The minimum Gasteiger partial charge on any atom is -0.395 e. The fourth-order valence-corrected chi connectivity index (χ4v) is 2.68. The SMILES string of the molecule is OCCNc1nc(NCc2cccc(Br)c2)cc(C2CC2)n1. The molecule has 0 atom stereocenters. The Morgan fingerprint density at radius 1 is 1.18 bits per heavy atom. The Bertz CT molecular complexity index is 646. The minimum absolute atomic E-state index is 0.0673. The van der Waals surface area contributed by atoms with E-state index in [2.05, 4.69) is 48.7 Å². The van der Waals surface area contributed by atoms with Crippen molar-refractivity contribution in [3.8, 4) is 0 Å². The molecule has 22 heavy (non-hydrogen) atoms. The smallest absolute Gasteiger partial charge is 0.224 e. The zero-order chi connectivity index (χ0) is 15.4. The fraction of sp³-hybridized carbons (Fsp3) is 0.375. The second kappa shape index (κ2) is 7.07. The van der Waals surface area contributed by atoms with Gasteiger partial charge in [-0.3, -0.25) is 0 Å². The first kappa shape index (κ1) is 15.2. The number of aliphatic hydroxyl groups excluding tert-OH is 1. The summed E-state index contributed by atoms with van der Waals surface area (Å²) < 4.78 is 1.07. The van der Waals surface area contributed by atoms with Gasteiger partial charge in [0.25, 0.3) is 0 Å². The van der Waals surface area contributed by atoms with Crippen LogP contribution >= 0.6 is 15.9 Å². The standard InChI is InChI=1S/C16H19BrN4O/c17-13-3-1-2-11(8-13)10-19-15-9-14(12-4-5-12)20-16(21-15)18-6-7-22/h1-3,8-9,12,22H,4-7,10H2,(H2,18,19,20,21). The summed E-state index contributed by atoms with van der Waals surface area (Å²) in [6.07, 6.45) is 2.39. The highest BCUT2D eigenvalue weighted by atomic mass is 79.9. The normalized spacial score (nSPS) is 13.9. The molecule has 1 aliphatic rings. The number of anilines is 2. The van der Waals surface area contributed by atoms with Crippen molar-refractivity contribution in [2.75, 3.05) is 23.8 Å². The van der Waals surface area contributed by atoms with E-state index in [9.17, 15) is 0 Å². The molecule has 3 N–H and O–H groups in total. The van der Waals surface area contributed by atoms with Gasteiger partial charge in [0.1, 0.15) is 5.82 Å². The third-order valence-corrected chi connectivity index (χ3v) is 3.99. The monoisotopic (exact) mass is 362 g/mol. The van der Waals surface area contributed by atoms with E-state index in [0.717, 1.165) is 16.0 Å². The fourth-order valence-electron chi connectivity index (χ4n) is 2.23. The van der Waals surface area contributed by atoms with Gasteiger partial charge in [0.05, 0.1) is 12.3 Å². The first-order valence-electron chi connectivity index (χ1n) is 7.46. The summed E-state index contributed by atoms with van der Waals surface area (Å²) in [5.41, 5.74) is 2.26. The molecule has 6 heteroatoms. The summed E-state index contributed by atoms with van der Waals surface area (Å²) in [5, 5.41) is 15.3. The Kier molecular flexibility index (Phi) is 4.90. The quantitative estimate of drug-likeness (QED) is 0.705. The zero-order valence-corrected chi connectivity index (χ0v) is 13.8. The molecular weight excluding hydrogens is 344 g/mol. The van der Waals surface area contributed by atoms with Crippen molar-refractivity contribution in [1.82, 2.24) is 9.97 Å². The molecular formula is C16H19BrN4O. The summed E-state index contributed by atoms with van der Waals surface area (Å²) in [4.78, 5) is 8.98. The minimum atomic E-state index is 0.0673. The first-order valence-corrected chi connectivity index (χ1v) is 8.26. The maximum absolute atomic E-state index is 8.93. The Balaban J connectivity index is 1.72. The maximum Gasteiger partial charge on any atom is 0.224 e. The van der Waals surface area contributed by atoms with Crippen LogP contribution in [0.25, 0.3) is 0 Å². The summed E-state index contributed by atoms with van der Waals surface area (Å²) in [6, 6.07) is 10.2. The zero-order valence-electron chi connectivity index (χ0n) is 12.2. The van der Waals surface area contributed by atoms with Gasteiger partial charge < -0.3 is 15.7 Å². The molecule has 0 unspecified atom stereocenters. The summed E-state index contributed by atoms with van der Waals surface area (Å²) in [5.74, 6) is 1.96. The number of hydrogen-bond donors (Lipinski definition) is 3. The molecule has 1 aromatic heterocycles. The summed E-state index contributed by atoms with van der Waals surface area (Å²) in [7, 11) is 0. The highest BCUT2D eigenvalue weighted by Crippen LogP contribution is 2.39. The van der Waals surface area contributed by atoms with Crippen molar-refractivity contribution in [2.24, 2.45) is 0 Å². The average molecular weight is 363 g/mol. The van der Waals surface area contributed by atoms with Crippen LogP contribution in [0.5, 0.6) is 0 Å². The number of aromatic nitrogens is 2. The van der Waals surface area contributed by atoms with Crippen LogP contribution in [-0.2, 0) is 6.54 Å². The number of nitrogens with one attached hydrogen (secondary N) is 2. The molecule has 0 bridgehead atoms. The number of aliphatic hydroxyl groups is 1. The van der Waals surface area contributed by atoms with Gasteiger partial charge in [0, 0.05) is 29.5 Å². The lowest BCUT2D eigenvalue weighted by molar-refractivity contribution is 0.311. The lowest BCUT2D eigenvalue weighted by atomic mass is 10.2. The third-order valence-electron chi connectivity index (χ3n) is 3.50. The second-order valence-corrected chi connectivity index (χ2v) is 6.33. The number of rotatable bonds is 7. The predicted octanol–water partition coefficient (Wildman–Crippen LogP) is 3.13. The molecule has 0 radical (unpaired) electrons. The van der Waals surface area contributed by atoms with Crippen molar-refractivity contribution in [2.45, 2.75) is 25.3 Å². The summed E-state index contributed by atoms with van der Waals surface area (Å²) in [6.45, 7) is 1.23. The van der Waals surface area contributed by atoms with E-state index in [0.29, 0.717) is 25.0 Å². The molecule has 2 aromatic rings. The number of nitrogens with zero attached hydrogens (tertiary/aromatic N) is 2. The van der Waals surface area contributed by atoms with Gasteiger partial charge in [-0.15, -0.1) is 0 Å². The van der Waals surface area contributed by atoms with Crippen LogP contribution in [0.1, 0.15) is 30.0 Å². The predicted molar refractivity (Wildman–Crippen MR) is 91.1 cm³/mol. The van der Waals surface area contributed by atoms with E-state index >= 15 is 0 Å². The van der Waals surface area contributed by atoms with Crippen LogP contribution in [0.4, 0.5) is 11.8 Å². The second-order valence-electron chi connectivity index (χ2n) is 5.41. The molecule has 0 amide bonds. The lowest BCUT2D eigenvalue weighted by Gasteiger charge is -2.11. The van der Waals surface area contributed by atoms with Crippen LogP contribution in [0.2, 0.25) is 0 Å². The molecule has 1 aromatic carbocycles. The van der Waals surface area contributed by atoms with Crippen molar-refractivity contribution in [3.05, 3.63) is 46.1 Å². The van der Waals surface area contributed by atoms with Crippen LogP contribution in [0, 0.1) is 0 Å². The van der Waals surface area contributed by atoms with Crippen LogP contribution in [0.3, 0.4) is 0 Å². The topological polar surface area (TPSA) is 70.1 Å². The average Bonchev–Trinajstić information content (AvgIpc) is 3.36. The van der Waals surface area contributed by atoms with Crippen LogP contribution in [0.15, 0.2) is 34.8 Å². The molecule has 3 rings (SSSR count). The Labute approximate surface area is 138 Å². The van der Waals surface area contributed by atoms with Crippen molar-refractivity contribution in [1.29, 1.82) is 0 Å². The van der Waals surface area contributed by atoms with Gasteiger partial charge in [-0.05, 0) is 30.5 Å². The van der Waals surface area contributed by atoms with Gasteiger partial charge in [0.15, 0.2) is 0 Å². The largest absolute Gasteiger partial charge is 0.395 e. The van der Waals surface area contributed by atoms with Gasteiger partial charge in [0.2, 0.25) is 5.95 Å². The molecule has 0 spiro atoms. The van der Waals surface area contributed by atoms with E-state index in [-0.39, 0.29) is 6.61 Å². The van der Waals surface area contributed by atoms with E-state index in [1.807, 2.05) is 18.2 Å². The Hall–Kier alpha value is -1.66. The lowest BCUT2D eigenvalue weighted by Crippen LogP contribution is -2.11. The third kappa shape index (κ3) is 4.18. The molecule has 1 aliphatic carbocycles. The van der Waals surface area contributed by atoms with Crippen LogP contribution in [-0.4, -0.2) is 28.2 Å². The van der Waals surface area contributed by atoms with Crippen molar-refractivity contribution in [3.63, 3.8) is 0 Å². The molecule has 1 heterocycles. The highest BCUT2D eigenvalue weighted by molar-refractivity contribution is 9.10. The van der Waals surface area contributed by atoms with Gasteiger partial charge in [-0.1, -0.05) is 28.1 Å². The van der Waals surface area contributed by atoms with E-state index < -0.39 is 0 Å². The first-order chi connectivity index (χ1) is 10.7. The van der Waals surface area contributed by atoms with Crippen molar-refractivity contribution < 1.29 is 5.11 Å². The van der Waals surface area contributed by atoms with Crippen molar-refractivity contribution >= 4 is 27.7 Å². The van der Waals surface area contributed by atoms with E-state index in [1.54, 1.807) is 0 Å². The number of benzene rings is 1. The van der Waals surface area contributed by atoms with Gasteiger partial charge in [-0.25, -0.2) is 4.98 Å². The highest BCUT2D eigenvalue weighted by Gasteiger charge is 2.26. The maximum atomic E-state index is 8.93. The number of halogens is 1. The van der Waals surface area contributed by atoms with E-state index in [4.69, 9.17) is 5.11 Å². The molecule has 1 saturated carbocycles. The molecule has 5 nitrogen and oxygen atoms in total. The van der Waals surface area contributed by atoms with Gasteiger partial charge in [-0.2, -0.15) is 4.98 Å². The molecule has 1 fully saturated rings. The molecule has 0 aliphatic heterocycles. The summed E-state index contributed by atoms with van der Waals surface area (Å²) >= 11 is 3.48. The van der Waals surface area contributed by atoms with Crippen LogP contribution < -0.4 is 10.6 Å². The van der Waals surface area contributed by atoms with Gasteiger partial charge >= 0.3 is 0 Å². The van der Waals surface area contributed by atoms with E-state index in [1.165, 1.54) is 18.4 Å².